The lowest BCUT2D eigenvalue weighted by atomic mass is 9.83. The molecule has 1 unspecified atom stereocenters. The fourth-order valence-corrected chi connectivity index (χ4v) is 3.00. The van der Waals surface area contributed by atoms with Crippen molar-refractivity contribution in [2.75, 3.05) is 19.6 Å². The topological polar surface area (TPSA) is 41.1 Å². The Morgan fingerprint density at radius 1 is 1.23 bits per heavy atom. The molecule has 3 nitrogen and oxygen atoms in total. The largest absolute Gasteiger partial charge is 0.351 e. The number of nitrogens with one attached hydrogen (secondary N) is 2. The van der Waals surface area contributed by atoms with Gasteiger partial charge in [-0.15, -0.1) is 12.4 Å². The van der Waals surface area contributed by atoms with Crippen LogP contribution in [-0.2, 0) is 0 Å². The molecule has 4 heteroatoms. The van der Waals surface area contributed by atoms with Gasteiger partial charge in [0, 0.05) is 18.7 Å². The van der Waals surface area contributed by atoms with Gasteiger partial charge < -0.3 is 10.6 Å². The molecule has 1 heterocycles. The third-order valence-corrected chi connectivity index (χ3v) is 4.37. The molecule has 0 spiro atoms. The normalized spacial score (nSPS) is 21.1. The Hall–Kier alpha value is -1.58. The van der Waals surface area contributed by atoms with E-state index in [4.69, 9.17) is 0 Å². The maximum Gasteiger partial charge on any atom is 0.251 e. The van der Waals surface area contributed by atoms with Crippen molar-refractivity contribution in [2.45, 2.75) is 19.8 Å². The van der Waals surface area contributed by atoms with Crippen LogP contribution in [0.2, 0.25) is 0 Å². The lowest BCUT2D eigenvalue weighted by Crippen LogP contribution is -2.45. The second-order valence-corrected chi connectivity index (χ2v) is 6.34. The van der Waals surface area contributed by atoms with Gasteiger partial charge in [-0.1, -0.05) is 37.3 Å². The number of hydrogen-bond donors (Lipinski definition) is 2. The van der Waals surface area contributed by atoms with E-state index in [1.807, 2.05) is 36.4 Å². The van der Waals surface area contributed by atoms with Crippen LogP contribution in [0.3, 0.4) is 0 Å². The van der Waals surface area contributed by atoms with Crippen LogP contribution in [0.15, 0.2) is 42.5 Å². The van der Waals surface area contributed by atoms with E-state index in [9.17, 15) is 4.79 Å². The molecule has 1 fully saturated rings. The number of benzene rings is 2. The van der Waals surface area contributed by atoms with Crippen LogP contribution >= 0.6 is 12.4 Å². The summed E-state index contributed by atoms with van der Waals surface area (Å²) >= 11 is 0. The van der Waals surface area contributed by atoms with Crippen molar-refractivity contribution in [3.8, 4) is 0 Å². The number of amides is 1. The number of halogens is 1. The summed E-state index contributed by atoms with van der Waals surface area (Å²) in [5.41, 5.74) is 0.908. The predicted molar refractivity (Wildman–Crippen MR) is 93.7 cm³/mol. The van der Waals surface area contributed by atoms with E-state index in [1.54, 1.807) is 0 Å². The molecule has 1 atom stereocenters. The molecule has 0 radical (unpaired) electrons. The van der Waals surface area contributed by atoms with E-state index in [2.05, 4.69) is 23.6 Å². The summed E-state index contributed by atoms with van der Waals surface area (Å²) < 4.78 is 0. The van der Waals surface area contributed by atoms with Gasteiger partial charge in [-0.05, 0) is 47.7 Å². The SMILES string of the molecule is CC1(CNC(=O)c2ccc3ccccc3c2)CCCNC1.Cl. The van der Waals surface area contributed by atoms with Gasteiger partial charge >= 0.3 is 0 Å². The fraction of sp³-hybridized carbons (Fsp3) is 0.389. The van der Waals surface area contributed by atoms with Crippen LogP contribution in [0.4, 0.5) is 0 Å². The summed E-state index contributed by atoms with van der Waals surface area (Å²) in [6.45, 7) is 5.03. The number of rotatable bonds is 3. The van der Waals surface area contributed by atoms with Gasteiger partial charge in [0.05, 0.1) is 0 Å². The highest BCUT2D eigenvalue weighted by atomic mass is 35.5. The van der Waals surface area contributed by atoms with Crippen molar-refractivity contribution in [1.29, 1.82) is 0 Å². The average Bonchev–Trinajstić information content (AvgIpc) is 2.53. The van der Waals surface area contributed by atoms with Gasteiger partial charge in [-0.25, -0.2) is 0 Å². The molecule has 1 aliphatic rings. The Balaban J connectivity index is 0.00000176. The molecule has 1 saturated heterocycles. The zero-order valence-corrected chi connectivity index (χ0v) is 13.7. The minimum absolute atomic E-state index is 0. The second-order valence-electron chi connectivity index (χ2n) is 6.34. The Labute approximate surface area is 137 Å². The summed E-state index contributed by atoms with van der Waals surface area (Å²) in [4.78, 5) is 12.3. The average molecular weight is 319 g/mol. The van der Waals surface area contributed by atoms with Gasteiger partial charge in [0.25, 0.3) is 5.91 Å². The molecule has 2 aromatic rings. The fourth-order valence-electron chi connectivity index (χ4n) is 3.00. The molecule has 0 aliphatic carbocycles. The summed E-state index contributed by atoms with van der Waals surface area (Å²) in [6, 6.07) is 14.0. The van der Waals surface area contributed by atoms with Gasteiger partial charge in [-0.3, -0.25) is 4.79 Å². The van der Waals surface area contributed by atoms with E-state index in [0.29, 0.717) is 0 Å². The standard InChI is InChI=1S/C18H22N2O.ClH/c1-18(9-4-10-19-12-18)13-20-17(21)16-8-7-14-5-2-3-6-15(14)11-16;/h2-3,5-8,11,19H,4,9-10,12-13H2,1H3,(H,20,21);1H. The smallest absolute Gasteiger partial charge is 0.251 e. The third kappa shape index (κ3) is 3.79. The number of carbonyl (C=O) groups is 1. The van der Waals surface area contributed by atoms with Crippen LogP contribution in [0, 0.1) is 5.41 Å². The van der Waals surface area contributed by atoms with Crippen LogP contribution in [0.25, 0.3) is 10.8 Å². The molecular formula is C18H23ClN2O. The Bertz CT molecular complexity index is 650. The molecule has 118 valence electrons. The lowest BCUT2D eigenvalue weighted by Gasteiger charge is -2.34. The molecule has 1 amide bonds. The Kier molecular flexibility index (Phi) is 5.43. The molecular weight excluding hydrogens is 296 g/mol. The number of carbonyl (C=O) groups excluding carboxylic acids is 1. The summed E-state index contributed by atoms with van der Waals surface area (Å²) in [5.74, 6) is 0.0209. The molecule has 0 saturated carbocycles. The Morgan fingerprint density at radius 2 is 2.00 bits per heavy atom. The first-order valence-electron chi connectivity index (χ1n) is 7.64. The number of fused-ring (bicyclic) bond motifs is 1. The maximum atomic E-state index is 12.3. The summed E-state index contributed by atoms with van der Waals surface area (Å²) in [7, 11) is 0. The zero-order valence-electron chi connectivity index (χ0n) is 12.9. The van der Waals surface area contributed by atoms with Gasteiger partial charge in [0.15, 0.2) is 0 Å². The monoisotopic (exact) mass is 318 g/mol. The summed E-state index contributed by atoms with van der Waals surface area (Å²) in [6.07, 6.45) is 2.35. The van der Waals surface area contributed by atoms with Crippen LogP contribution in [0.5, 0.6) is 0 Å². The maximum absolute atomic E-state index is 12.3. The molecule has 3 rings (SSSR count). The highest BCUT2D eigenvalue weighted by molar-refractivity contribution is 5.98. The van der Waals surface area contributed by atoms with Crippen molar-refractivity contribution >= 4 is 29.1 Å². The van der Waals surface area contributed by atoms with Gasteiger partial charge in [-0.2, -0.15) is 0 Å². The minimum atomic E-state index is 0. The van der Waals surface area contributed by atoms with E-state index in [0.717, 1.165) is 42.4 Å². The van der Waals surface area contributed by atoms with Crippen molar-refractivity contribution < 1.29 is 4.79 Å². The van der Waals surface area contributed by atoms with Crippen molar-refractivity contribution in [2.24, 2.45) is 5.41 Å². The summed E-state index contributed by atoms with van der Waals surface area (Å²) in [5, 5.41) is 8.78. The van der Waals surface area contributed by atoms with Gasteiger partial charge in [0.1, 0.15) is 0 Å². The molecule has 22 heavy (non-hydrogen) atoms. The van der Waals surface area contributed by atoms with E-state index in [1.165, 1.54) is 6.42 Å². The molecule has 2 N–H and O–H groups in total. The molecule has 1 aliphatic heterocycles. The molecule has 0 aromatic heterocycles. The number of piperidine rings is 1. The molecule has 0 bridgehead atoms. The lowest BCUT2D eigenvalue weighted by molar-refractivity contribution is 0.0925. The van der Waals surface area contributed by atoms with Crippen LogP contribution in [0.1, 0.15) is 30.1 Å². The van der Waals surface area contributed by atoms with E-state index in [-0.39, 0.29) is 23.7 Å². The first-order chi connectivity index (χ1) is 10.2. The first-order valence-corrected chi connectivity index (χ1v) is 7.64. The predicted octanol–water partition coefficient (Wildman–Crippen LogP) is 3.38. The van der Waals surface area contributed by atoms with Crippen molar-refractivity contribution in [1.82, 2.24) is 10.6 Å². The van der Waals surface area contributed by atoms with Crippen molar-refractivity contribution in [3.63, 3.8) is 0 Å². The Morgan fingerprint density at radius 3 is 2.73 bits per heavy atom. The molecule has 2 aromatic carbocycles. The van der Waals surface area contributed by atoms with Crippen molar-refractivity contribution in [3.05, 3.63) is 48.0 Å². The minimum Gasteiger partial charge on any atom is -0.351 e. The first kappa shape index (κ1) is 16.8. The van der Waals surface area contributed by atoms with E-state index < -0.39 is 0 Å². The highest BCUT2D eigenvalue weighted by Gasteiger charge is 2.27. The van der Waals surface area contributed by atoms with Crippen LogP contribution < -0.4 is 10.6 Å². The van der Waals surface area contributed by atoms with E-state index >= 15 is 0 Å². The highest BCUT2D eigenvalue weighted by Crippen LogP contribution is 2.24. The number of hydrogen-bond acceptors (Lipinski definition) is 2. The zero-order chi connectivity index (χ0) is 14.7. The van der Waals surface area contributed by atoms with Gasteiger partial charge in [0.2, 0.25) is 0 Å². The second kappa shape index (κ2) is 7.12. The van der Waals surface area contributed by atoms with Crippen LogP contribution in [-0.4, -0.2) is 25.5 Å². The third-order valence-electron chi connectivity index (χ3n) is 4.37. The quantitative estimate of drug-likeness (QED) is 0.911.